The van der Waals surface area contributed by atoms with E-state index < -0.39 is 0 Å². The van der Waals surface area contributed by atoms with E-state index in [1.165, 1.54) is 114 Å². The Morgan fingerprint density at radius 1 is 0.689 bits per heavy atom. The second-order valence-electron chi connectivity index (χ2n) is 17.6. The number of unbranched alkanes of at least 4 members (excludes halogenated alkanes) is 7. The summed E-state index contributed by atoms with van der Waals surface area (Å²) in [4.78, 5) is 12.3. The predicted octanol–water partition coefficient (Wildman–Crippen LogP) is 9.00. The Hall–Kier alpha value is -0.870. The van der Waals surface area contributed by atoms with Crippen molar-refractivity contribution in [3.63, 3.8) is 0 Å². The highest BCUT2D eigenvalue weighted by molar-refractivity contribution is 5.69. The summed E-state index contributed by atoms with van der Waals surface area (Å²) in [5.41, 5.74) is 0. The number of fused-ring (bicyclic) bond motifs is 14. The number of hydrogen-bond donors (Lipinski definition) is 1. The van der Waals surface area contributed by atoms with Crippen molar-refractivity contribution in [2.24, 2.45) is 82.9 Å². The van der Waals surface area contributed by atoms with Gasteiger partial charge in [-0.1, -0.05) is 76.4 Å². The highest BCUT2D eigenvalue weighted by Crippen LogP contribution is 2.84. The van der Waals surface area contributed by atoms with Crippen molar-refractivity contribution in [1.29, 1.82) is 0 Å². The Morgan fingerprint density at radius 2 is 1.40 bits per heavy atom. The van der Waals surface area contributed by atoms with E-state index in [0.29, 0.717) is 13.0 Å². The predicted molar refractivity (Wildman–Crippen MR) is 178 cm³/mol. The molecule has 8 aliphatic rings. The van der Waals surface area contributed by atoms with Crippen molar-refractivity contribution in [2.75, 3.05) is 19.8 Å². The van der Waals surface area contributed by atoms with Crippen molar-refractivity contribution < 1.29 is 19.4 Å². The van der Waals surface area contributed by atoms with Crippen molar-refractivity contribution >= 4 is 5.97 Å². The van der Waals surface area contributed by atoms with Crippen molar-refractivity contribution in [3.8, 4) is 0 Å². The molecule has 4 nitrogen and oxygen atoms in total. The summed E-state index contributed by atoms with van der Waals surface area (Å²) in [5.74, 6) is 15.2. The number of esters is 1. The molecule has 45 heavy (non-hydrogen) atoms. The van der Waals surface area contributed by atoms with E-state index in [0.717, 1.165) is 78.4 Å². The van der Waals surface area contributed by atoms with Crippen LogP contribution in [0.5, 0.6) is 0 Å². The quantitative estimate of drug-likeness (QED) is 0.0678. The molecule has 7 fully saturated rings. The zero-order valence-electron chi connectivity index (χ0n) is 28.3. The number of hydrogen-bond acceptors (Lipinski definition) is 4. The van der Waals surface area contributed by atoms with Crippen LogP contribution in [0.4, 0.5) is 0 Å². The lowest BCUT2D eigenvalue weighted by Gasteiger charge is -2.85. The Morgan fingerprint density at radius 3 is 2.24 bits per heavy atom. The van der Waals surface area contributed by atoms with Crippen LogP contribution < -0.4 is 0 Å². The lowest BCUT2D eigenvalue weighted by molar-refractivity contribution is -0.375. The fourth-order valence-corrected chi connectivity index (χ4v) is 13.5. The molecule has 0 radical (unpaired) electrons. The van der Waals surface area contributed by atoms with Crippen LogP contribution in [0.2, 0.25) is 0 Å². The Balaban J connectivity index is 0.593. The van der Waals surface area contributed by atoms with E-state index in [9.17, 15) is 9.90 Å². The molecule has 14 unspecified atom stereocenters. The molecule has 0 heterocycles. The first-order valence-electron chi connectivity index (χ1n) is 20.3. The normalized spacial score (nSPS) is 44.7. The SMILES string of the molecule is O=C(CCCCCC1CC2C1C1C3C4CCC4C3C21)OC[C@H](CO)OCCCCCCCCC1CCC2C3C=CCCC3C2C1. The van der Waals surface area contributed by atoms with Gasteiger partial charge in [-0.15, -0.1) is 0 Å². The minimum absolute atomic E-state index is 0.0808. The second-order valence-corrected chi connectivity index (χ2v) is 17.6. The zero-order chi connectivity index (χ0) is 30.3. The van der Waals surface area contributed by atoms with Crippen LogP contribution in [0.15, 0.2) is 12.2 Å². The fourth-order valence-electron chi connectivity index (χ4n) is 13.5. The average Bonchev–Trinajstić information content (AvgIpc) is 3.03. The minimum atomic E-state index is -0.380. The molecule has 252 valence electrons. The van der Waals surface area contributed by atoms with Crippen molar-refractivity contribution in [2.45, 2.75) is 135 Å². The fraction of sp³-hybridized carbons (Fsp3) is 0.927. The van der Waals surface area contributed by atoms with Gasteiger partial charge in [0.15, 0.2) is 0 Å². The lowest BCUT2D eigenvalue weighted by Crippen LogP contribution is -2.80. The Labute approximate surface area is 274 Å². The summed E-state index contributed by atoms with van der Waals surface area (Å²) in [7, 11) is 0. The molecule has 0 aliphatic heterocycles. The number of ether oxygens (including phenoxy) is 2. The maximum absolute atomic E-state index is 12.3. The van der Waals surface area contributed by atoms with Gasteiger partial charge in [0.2, 0.25) is 0 Å². The van der Waals surface area contributed by atoms with Gasteiger partial charge >= 0.3 is 5.97 Å². The van der Waals surface area contributed by atoms with Gasteiger partial charge < -0.3 is 14.6 Å². The van der Waals surface area contributed by atoms with E-state index in [1.54, 1.807) is 12.8 Å². The van der Waals surface area contributed by atoms with Gasteiger partial charge in [0, 0.05) is 13.0 Å². The first-order valence-corrected chi connectivity index (χ1v) is 20.3. The summed E-state index contributed by atoms with van der Waals surface area (Å²) in [6, 6.07) is 0. The number of aliphatic hydroxyl groups excluding tert-OH is 1. The molecule has 0 amide bonds. The van der Waals surface area contributed by atoms with Crippen LogP contribution in [0.1, 0.15) is 128 Å². The molecule has 0 aromatic carbocycles. The van der Waals surface area contributed by atoms with Gasteiger partial charge in [0.1, 0.15) is 12.7 Å². The van der Waals surface area contributed by atoms with Crippen LogP contribution in [-0.4, -0.2) is 37.0 Å². The standard InChI is InChI=1S/C41H64O4/c42-24-28(44-21-11-4-2-1-3-6-12-26-17-18-31-29-14-9-10-15-30(29)34(31)22-26)25-45-36(43)16-8-5-7-13-27-23-35-37(27)41-39-33-20-19-32(33)38(39)40(35)41/h9,14,26-35,37-42H,1-8,10-13,15-25H2/t26?,27?,28-,29?,30?,31?,32?,33?,34?,35?,37?,38?,39?,40?,41?/m0/s1. The molecule has 8 rings (SSSR count). The summed E-state index contributed by atoms with van der Waals surface area (Å²) in [5, 5.41) is 9.69. The molecule has 7 saturated carbocycles. The van der Waals surface area contributed by atoms with Crippen molar-refractivity contribution in [3.05, 3.63) is 12.2 Å². The van der Waals surface area contributed by atoms with Crippen LogP contribution >= 0.6 is 0 Å². The number of aliphatic hydroxyl groups is 1. The smallest absolute Gasteiger partial charge is 0.305 e. The van der Waals surface area contributed by atoms with E-state index in [1.807, 2.05) is 0 Å². The van der Waals surface area contributed by atoms with Crippen LogP contribution in [0.3, 0.4) is 0 Å². The molecule has 0 spiro atoms. The summed E-state index contributed by atoms with van der Waals surface area (Å²) < 4.78 is 11.3. The third-order valence-corrected chi connectivity index (χ3v) is 15.8. The van der Waals surface area contributed by atoms with E-state index in [-0.39, 0.29) is 25.3 Å². The maximum atomic E-state index is 12.3. The first kappa shape index (κ1) is 31.4. The van der Waals surface area contributed by atoms with Gasteiger partial charge in [-0.25, -0.2) is 0 Å². The molecule has 1 N–H and O–H groups in total. The number of carbonyl (C=O) groups is 1. The largest absolute Gasteiger partial charge is 0.463 e. The van der Waals surface area contributed by atoms with Crippen LogP contribution in [0, 0.1) is 82.9 Å². The summed E-state index contributed by atoms with van der Waals surface area (Å²) in [6.07, 6.45) is 30.9. The highest BCUT2D eigenvalue weighted by Gasteiger charge is 2.79. The molecule has 0 aromatic rings. The number of carbonyl (C=O) groups excluding carboxylic acids is 1. The molecule has 0 saturated heterocycles. The van der Waals surface area contributed by atoms with Crippen molar-refractivity contribution in [1.82, 2.24) is 0 Å². The number of allylic oxidation sites excluding steroid dienone is 2. The maximum Gasteiger partial charge on any atom is 0.305 e. The van der Waals surface area contributed by atoms with E-state index >= 15 is 0 Å². The van der Waals surface area contributed by atoms with Crippen LogP contribution in [0.25, 0.3) is 0 Å². The highest BCUT2D eigenvalue weighted by atomic mass is 16.6. The minimum Gasteiger partial charge on any atom is -0.463 e. The van der Waals surface area contributed by atoms with Gasteiger partial charge in [0.25, 0.3) is 0 Å². The monoisotopic (exact) mass is 620 g/mol. The molecular formula is C41H64O4. The topological polar surface area (TPSA) is 55.8 Å². The van der Waals surface area contributed by atoms with Gasteiger partial charge in [0.05, 0.1) is 6.61 Å². The van der Waals surface area contributed by atoms with Gasteiger partial charge in [-0.3, -0.25) is 4.79 Å². The molecule has 8 aliphatic carbocycles. The van der Waals surface area contributed by atoms with E-state index in [4.69, 9.17) is 9.47 Å². The molecule has 0 aromatic heterocycles. The number of rotatable bonds is 19. The second kappa shape index (κ2) is 13.9. The third-order valence-electron chi connectivity index (χ3n) is 15.8. The van der Waals surface area contributed by atoms with Crippen LogP contribution in [-0.2, 0) is 14.3 Å². The third kappa shape index (κ3) is 5.91. The Kier molecular flexibility index (Phi) is 9.72. The molecule has 15 atom stereocenters. The van der Waals surface area contributed by atoms with E-state index in [2.05, 4.69) is 12.2 Å². The first-order chi connectivity index (χ1) is 22.2. The Bertz CT molecular complexity index is 1030. The molecular weight excluding hydrogens is 556 g/mol. The zero-order valence-corrected chi connectivity index (χ0v) is 28.3. The van der Waals surface area contributed by atoms with Gasteiger partial charge in [-0.05, 0) is 141 Å². The van der Waals surface area contributed by atoms with Gasteiger partial charge in [-0.2, -0.15) is 0 Å². The summed E-state index contributed by atoms with van der Waals surface area (Å²) in [6.45, 7) is 0.758. The average molecular weight is 621 g/mol. The lowest BCUT2D eigenvalue weighted by atomic mass is 9.20. The molecule has 0 bridgehead atoms. The summed E-state index contributed by atoms with van der Waals surface area (Å²) >= 11 is 0. The molecule has 4 heteroatoms.